The first kappa shape index (κ1) is 12.5. The van der Waals surface area contributed by atoms with Gasteiger partial charge in [0.05, 0.1) is 0 Å². The van der Waals surface area contributed by atoms with Gasteiger partial charge in [-0.25, -0.2) is 0 Å². The standard InChI is InChI=1S/C9H12F3NOS/c1-6-3-8(7(2)15-6)4-13-14-5-9(10,11)12/h3,13H,4-5H2,1-2H3. The van der Waals surface area contributed by atoms with Crippen LogP contribution in [0.4, 0.5) is 13.2 Å². The minimum Gasteiger partial charge on any atom is -0.292 e. The van der Waals surface area contributed by atoms with E-state index < -0.39 is 12.8 Å². The van der Waals surface area contributed by atoms with E-state index in [2.05, 4.69) is 10.3 Å². The molecule has 1 aromatic rings. The van der Waals surface area contributed by atoms with Crippen molar-refractivity contribution in [1.29, 1.82) is 0 Å². The number of rotatable bonds is 4. The van der Waals surface area contributed by atoms with Gasteiger partial charge in [0.15, 0.2) is 6.61 Å². The predicted octanol–water partition coefficient (Wildman–Crippen LogP) is 2.95. The van der Waals surface area contributed by atoms with Crippen LogP contribution in [0, 0.1) is 13.8 Å². The second-order valence-electron chi connectivity index (χ2n) is 3.16. The molecule has 0 saturated carbocycles. The van der Waals surface area contributed by atoms with Crippen LogP contribution < -0.4 is 5.48 Å². The Kier molecular flexibility index (Phi) is 4.12. The van der Waals surface area contributed by atoms with Gasteiger partial charge >= 0.3 is 6.18 Å². The van der Waals surface area contributed by atoms with E-state index in [0.29, 0.717) is 6.54 Å². The van der Waals surface area contributed by atoms with Gasteiger partial charge in [-0.3, -0.25) is 4.84 Å². The fraction of sp³-hybridized carbons (Fsp3) is 0.556. The lowest BCUT2D eigenvalue weighted by Crippen LogP contribution is -2.24. The average Bonchev–Trinajstić information content (AvgIpc) is 2.37. The summed E-state index contributed by atoms with van der Waals surface area (Å²) in [5.74, 6) is 0. The van der Waals surface area contributed by atoms with Crippen molar-refractivity contribution in [3.63, 3.8) is 0 Å². The Hall–Kier alpha value is -0.590. The van der Waals surface area contributed by atoms with E-state index >= 15 is 0 Å². The van der Waals surface area contributed by atoms with Crippen LogP contribution in [-0.4, -0.2) is 12.8 Å². The lowest BCUT2D eigenvalue weighted by Gasteiger charge is -2.07. The van der Waals surface area contributed by atoms with Crippen LogP contribution in [0.25, 0.3) is 0 Å². The van der Waals surface area contributed by atoms with Crippen molar-refractivity contribution >= 4 is 11.3 Å². The van der Waals surface area contributed by atoms with Crippen molar-refractivity contribution in [3.8, 4) is 0 Å². The van der Waals surface area contributed by atoms with Gasteiger partial charge < -0.3 is 0 Å². The normalized spacial score (nSPS) is 12.1. The van der Waals surface area contributed by atoms with Crippen molar-refractivity contribution in [2.45, 2.75) is 26.6 Å². The molecule has 0 aromatic carbocycles. The van der Waals surface area contributed by atoms with Crippen molar-refractivity contribution in [3.05, 3.63) is 21.4 Å². The maximum atomic E-state index is 11.7. The molecule has 2 nitrogen and oxygen atoms in total. The van der Waals surface area contributed by atoms with Crippen molar-refractivity contribution in [1.82, 2.24) is 5.48 Å². The lowest BCUT2D eigenvalue weighted by atomic mass is 10.2. The molecule has 0 unspecified atom stereocenters. The molecule has 0 atom stereocenters. The maximum absolute atomic E-state index is 11.7. The van der Waals surface area contributed by atoms with Gasteiger partial charge in [-0.15, -0.1) is 11.3 Å². The number of nitrogens with one attached hydrogen (secondary N) is 1. The van der Waals surface area contributed by atoms with Crippen LogP contribution in [0.15, 0.2) is 6.07 Å². The molecule has 0 amide bonds. The van der Waals surface area contributed by atoms with Gasteiger partial charge in [-0.2, -0.15) is 18.7 Å². The topological polar surface area (TPSA) is 21.3 Å². The lowest BCUT2D eigenvalue weighted by molar-refractivity contribution is -0.190. The third-order valence-corrected chi connectivity index (χ3v) is 2.75. The summed E-state index contributed by atoms with van der Waals surface area (Å²) in [5.41, 5.74) is 3.27. The number of halogens is 3. The first-order valence-corrected chi connectivity index (χ1v) is 5.17. The van der Waals surface area contributed by atoms with E-state index in [1.807, 2.05) is 19.9 Å². The molecule has 0 radical (unpaired) electrons. The summed E-state index contributed by atoms with van der Waals surface area (Å²) in [4.78, 5) is 6.53. The highest BCUT2D eigenvalue weighted by Crippen LogP contribution is 2.20. The zero-order valence-corrected chi connectivity index (χ0v) is 9.26. The highest BCUT2D eigenvalue weighted by molar-refractivity contribution is 7.12. The van der Waals surface area contributed by atoms with Crippen molar-refractivity contribution < 1.29 is 18.0 Å². The fourth-order valence-corrected chi connectivity index (χ4v) is 2.07. The predicted molar refractivity (Wildman–Crippen MR) is 52.6 cm³/mol. The molecule has 0 aliphatic carbocycles. The molecule has 6 heteroatoms. The number of hydrogen-bond donors (Lipinski definition) is 1. The van der Waals surface area contributed by atoms with E-state index in [-0.39, 0.29) is 0 Å². The van der Waals surface area contributed by atoms with Gasteiger partial charge in [0.2, 0.25) is 0 Å². The second-order valence-corrected chi connectivity index (χ2v) is 4.62. The molecule has 0 bridgehead atoms. The summed E-state index contributed by atoms with van der Waals surface area (Å²) in [7, 11) is 0. The summed E-state index contributed by atoms with van der Waals surface area (Å²) in [5, 5.41) is 0. The Morgan fingerprint density at radius 2 is 2.07 bits per heavy atom. The minimum absolute atomic E-state index is 0.298. The van der Waals surface area contributed by atoms with Crippen LogP contribution in [0.2, 0.25) is 0 Å². The summed E-state index contributed by atoms with van der Waals surface area (Å²) in [6.07, 6.45) is -4.29. The van der Waals surface area contributed by atoms with Crippen LogP contribution in [-0.2, 0) is 11.4 Å². The quantitative estimate of drug-likeness (QED) is 0.644. The monoisotopic (exact) mass is 239 g/mol. The Balaban J connectivity index is 2.29. The van der Waals surface area contributed by atoms with E-state index in [1.54, 1.807) is 11.3 Å². The fourth-order valence-electron chi connectivity index (χ4n) is 1.12. The number of hydrogen-bond acceptors (Lipinski definition) is 3. The van der Waals surface area contributed by atoms with E-state index in [1.165, 1.54) is 0 Å². The van der Waals surface area contributed by atoms with E-state index in [0.717, 1.165) is 15.3 Å². The zero-order valence-electron chi connectivity index (χ0n) is 8.44. The molecular formula is C9H12F3NOS. The molecule has 1 aromatic heterocycles. The first-order valence-electron chi connectivity index (χ1n) is 4.36. The van der Waals surface area contributed by atoms with Gasteiger partial charge in [0.1, 0.15) is 0 Å². The largest absolute Gasteiger partial charge is 0.413 e. The minimum atomic E-state index is -4.29. The summed E-state index contributed by atoms with van der Waals surface area (Å²) < 4.78 is 35.1. The molecule has 1 rings (SSSR count). The zero-order chi connectivity index (χ0) is 11.5. The van der Waals surface area contributed by atoms with Gasteiger partial charge in [0, 0.05) is 16.3 Å². The molecule has 0 aliphatic heterocycles. The van der Waals surface area contributed by atoms with Gasteiger partial charge in [0.25, 0.3) is 0 Å². The molecule has 1 N–H and O–H groups in total. The Labute approximate surface area is 90.0 Å². The summed E-state index contributed by atoms with van der Waals surface area (Å²) >= 11 is 1.62. The van der Waals surface area contributed by atoms with Gasteiger partial charge in [-0.05, 0) is 25.5 Å². The number of aryl methyl sites for hydroxylation is 2. The molecule has 1 heterocycles. The molecule has 0 saturated heterocycles. The summed E-state index contributed by atoms with van der Waals surface area (Å²) in [6, 6.07) is 1.93. The second kappa shape index (κ2) is 4.96. The number of alkyl halides is 3. The van der Waals surface area contributed by atoms with Crippen LogP contribution in [0.3, 0.4) is 0 Å². The first-order chi connectivity index (χ1) is 6.88. The van der Waals surface area contributed by atoms with Crippen LogP contribution in [0.1, 0.15) is 15.3 Å². The molecule has 0 aliphatic rings. The third-order valence-electron chi connectivity index (χ3n) is 1.74. The summed E-state index contributed by atoms with van der Waals surface area (Å²) in [6.45, 7) is 2.91. The molecule has 15 heavy (non-hydrogen) atoms. The van der Waals surface area contributed by atoms with Crippen LogP contribution in [0.5, 0.6) is 0 Å². The molecule has 0 spiro atoms. The smallest absolute Gasteiger partial charge is 0.292 e. The number of hydroxylamine groups is 1. The Morgan fingerprint density at radius 1 is 1.40 bits per heavy atom. The highest BCUT2D eigenvalue weighted by atomic mass is 32.1. The SMILES string of the molecule is Cc1cc(CNOCC(F)(F)F)c(C)s1. The molecule has 86 valence electrons. The molecular weight excluding hydrogens is 227 g/mol. The number of thiophene rings is 1. The Morgan fingerprint density at radius 3 is 2.53 bits per heavy atom. The molecule has 0 fully saturated rings. The van der Waals surface area contributed by atoms with E-state index in [4.69, 9.17) is 0 Å². The highest BCUT2D eigenvalue weighted by Gasteiger charge is 2.27. The Bertz CT molecular complexity index is 322. The van der Waals surface area contributed by atoms with Gasteiger partial charge in [-0.1, -0.05) is 0 Å². The van der Waals surface area contributed by atoms with E-state index in [9.17, 15) is 13.2 Å². The average molecular weight is 239 g/mol. The van der Waals surface area contributed by atoms with Crippen molar-refractivity contribution in [2.75, 3.05) is 6.61 Å². The van der Waals surface area contributed by atoms with Crippen molar-refractivity contribution in [2.24, 2.45) is 0 Å². The maximum Gasteiger partial charge on any atom is 0.413 e. The van der Waals surface area contributed by atoms with Crippen LogP contribution >= 0.6 is 11.3 Å². The third kappa shape index (κ3) is 4.63.